The fourth-order valence-electron chi connectivity index (χ4n) is 0.629. The molecule has 11 heavy (non-hydrogen) atoms. The summed E-state index contributed by atoms with van der Waals surface area (Å²) in [6.07, 6.45) is 0.868. The zero-order valence-corrected chi connectivity index (χ0v) is 7.23. The first-order valence-corrected chi connectivity index (χ1v) is 5.03. The molecule has 0 aromatic heterocycles. The van der Waals surface area contributed by atoms with Gasteiger partial charge in [0.1, 0.15) is 5.78 Å². The molecular weight excluding hydrogens is 168 g/mol. The SMILES string of the molecule is CCC(=O)CCCS(=O)(=O)O. The fraction of sp³-hybridized carbons (Fsp3) is 0.833. The highest BCUT2D eigenvalue weighted by Crippen LogP contribution is 1.97. The predicted octanol–water partition coefficient (Wildman–Crippen LogP) is 0.633. The van der Waals surface area contributed by atoms with E-state index in [4.69, 9.17) is 4.55 Å². The van der Waals surface area contributed by atoms with E-state index in [1.807, 2.05) is 0 Å². The Morgan fingerprint density at radius 3 is 2.36 bits per heavy atom. The maximum Gasteiger partial charge on any atom is 0.264 e. The molecule has 0 amide bonds. The third-order valence-electron chi connectivity index (χ3n) is 1.25. The molecule has 0 bridgehead atoms. The average Bonchev–Trinajstić information content (AvgIpc) is 1.85. The minimum absolute atomic E-state index is 0.0219. The highest BCUT2D eigenvalue weighted by molar-refractivity contribution is 7.85. The third kappa shape index (κ3) is 7.48. The Morgan fingerprint density at radius 2 is 2.00 bits per heavy atom. The summed E-state index contributed by atoms with van der Waals surface area (Å²) in [4.78, 5) is 10.6. The number of hydrogen-bond donors (Lipinski definition) is 1. The summed E-state index contributed by atoms with van der Waals surface area (Å²) in [5, 5.41) is 0. The molecule has 4 nitrogen and oxygen atoms in total. The quantitative estimate of drug-likeness (QED) is 0.630. The third-order valence-corrected chi connectivity index (χ3v) is 2.06. The van der Waals surface area contributed by atoms with Gasteiger partial charge in [-0.05, 0) is 6.42 Å². The van der Waals surface area contributed by atoms with Gasteiger partial charge in [-0.1, -0.05) is 6.92 Å². The average molecular weight is 180 g/mol. The lowest BCUT2D eigenvalue weighted by molar-refractivity contribution is -0.118. The van der Waals surface area contributed by atoms with Crippen LogP contribution in [0.3, 0.4) is 0 Å². The monoisotopic (exact) mass is 180 g/mol. The van der Waals surface area contributed by atoms with Crippen LogP contribution in [0.2, 0.25) is 0 Å². The molecule has 0 atom stereocenters. The highest BCUT2D eigenvalue weighted by atomic mass is 32.2. The maximum absolute atomic E-state index is 10.6. The topological polar surface area (TPSA) is 71.4 Å². The van der Waals surface area contributed by atoms with Crippen molar-refractivity contribution in [3.05, 3.63) is 0 Å². The summed E-state index contributed by atoms with van der Waals surface area (Å²) >= 11 is 0. The summed E-state index contributed by atoms with van der Waals surface area (Å²) in [6.45, 7) is 1.72. The van der Waals surface area contributed by atoms with Gasteiger partial charge in [-0.15, -0.1) is 0 Å². The molecule has 0 fully saturated rings. The van der Waals surface area contributed by atoms with Crippen LogP contribution in [0.15, 0.2) is 0 Å². The molecule has 0 aromatic carbocycles. The van der Waals surface area contributed by atoms with Gasteiger partial charge in [0.15, 0.2) is 0 Å². The molecule has 66 valence electrons. The van der Waals surface area contributed by atoms with Crippen molar-refractivity contribution in [3.63, 3.8) is 0 Å². The lowest BCUT2D eigenvalue weighted by Crippen LogP contribution is -2.06. The van der Waals surface area contributed by atoms with Crippen LogP contribution in [0.5, 0.6) is 0 Å². The van der Waals surface area contributed by atoms with E-state index in [1.165, 1.54) is 0 Å². The molecule has 0 aliphatic carbocycles. The van der Waals surface area contributed by atoms with Crippen molar-refractivity contribution in [1.29, 1.82) is 0 Å². The van der Waals surface area contributed by atoms with Crippen LogP contribution < -0.4 is 0 Å². The molecule has 0 saturated heterocycles. The van der Waals surface area contributed by atoms with Crippen LogP contribution in [0.4, 0.5) is 0 Å². The molecule has 0 radical (unpaired) electrons. The molecule has 0 heterocycles. The highest BCUT2D eigenvalue weighted by Gasteiger charge is 2.05. The van der Waals surface area contributed by atoms with E-state index in [0.29, 0.717) is 6.42 Å². The Hall–Kier alpha value is -0.420. The lowest BCUT2D eigenvalue weighted by atomic mass is 10.2. The van der Waals surface area contributed by atoms with Gasteiger partial charge in [0, 0.05) is 12.8 Å². The van der Waals surface area contributed by atoms with Crippen LogP contribution in [-0.2, 0) is 14.9 Å². The van der Waals surface area contributed by atoms with Gasteiger partial charge in [0.05, 0.1) is 5.75 Å². The smallest absolute Gasteiger partial charge is 0.264 e. The van der Waals surface area contributed by atoms with Gasteiger partial charge >= 0.3 is 0 Å². The molecule has 0 spiro atoms. The van der Waals surface area contributed by atoms with Crippen LogP contribution in [0, 0.1) is 0 Å². The summed E-state index contributed by atoms with van der Waals surface area (Å²) in [7, 11) is -3.88. The molecule has 0 aliphatic heterocycles. The Kier molecular flexibility index (Phi) is 4.29. The van der Waals surface area contributed by atoms with Crippen molar-refractivity contribution in [2.75, 3.05) is 5.75 Å². The normalized spacial score (nSPS) is 11.5. The Bertz CT molecular complexity index is 217. The van der Waals surface area contributed by atoms with Gasteiger partial charge in [-0.3, -0.25) is 9.35 Å². The molecule has 0 unspecified atom stereocenters. The summed E-state index contributed by atoms with van der Waals surface area (Å²) < 4.78 is 28.6. The van der Waals surface area contributed by atoms with E-state index in [2.05, 4.69) is 0 Å². The van der Waals surface area contributed by atoms with E-state index in [9.17, 15) is 13.2 Å². The van der Waals surface area contributed by atoms with Crippen LogP contribution >= 0.6 is 0 Å². The van der Waals surface area contributed by atoms with Gasteiger partial charge in [-0.25, -0.2) is 0 Å². The van der Waals surface area contributed by atoms with Crippen molar-refractivity contribution < 1.29 is 17.8 Å². The van der Waals surface area contributed by atoms with E-state index in [0.717, 1.165) is 0 Å². The van der Waals surface area contributed by atoms with Crippen LogP contribution in [-0.4, -0.2) is 24.5 Å². The number of Topliss-reactive ketones (excluding diaryl/α,β-unsaturated/α-hetero) is 1. The van der Waals surface area contributed by atoms with Crippen molar-refractivity contribution in [2.24, 2.45) is 0 Å². The van der Waals surface area contributed by atoms with Gasteiger partial charge in [0.25, 0.3) is 10.1 Å². The minimum Gasteiger partial charge on any atom is -0.300 e. The molecule has 0 saturated carbocycles. The number of ketones is 1. The molecule has 0 rings (SSSR count). The van der Waals surface area contributed by atoms with Gasteiger partial charge < -0.3 is 0 Å². The number of carbonyl (C=O) groups excluding carboxylic acids is 1. The predicted molar refractivity (Wildman–Crippen MR) is 40.9 cm³/mol. The molecule has 5 heteroatoms. The van der Waals surface area contributed by atoms with Crippen LogP contribution in [0.1, 0.15) is 26.2 Å². The standard InChI is InChI=1S/C6H12O4S/c1-2-6(7)4-3-5-11(8,9)10/h2-5H2,1H3,(H,8,9,10). The fourth-order valence-corrected chi connectivity index (χ4v) is 1.14. The number of carbonyl (C=O) groups is 1. The minimum atomic E-state index is -3.88. The summed E-state index contributed by atoms with van der Waals surface area (Å²) in [6, 6.07) is 0. The van der Waals surface area contributed by atoms with Gasteiger partial charge in [-0.2, -0.15) is 8.42 Å². The number of rotatable bonds is 5. The van der Waals surface area contributed by atoms with Crippen molar-refractivity contribution >= 4 is 15.9 Å². The van der Waals surface area contributed by atoms with E-state index < -0.39 is 10.1 Å². The first-order valence-electron chi connectivity index (χ1n) is 3.42. The van der Waals surface area contributed by atoms with Gasteiger partial charge in [0.2, 0.25) is 0 Å². The largest absolute Gasteiger partial charge is 0.300 e. The zero-order chi connectivity index (χ0) is 8.91. The zero-order valence-electron chi connectivity index (χ0n) is 6.41. The molecular formula is C6H12O4S. The lowest BCUT2D eigenvalue weighted by Gasteiger charge is -1.95. The first-order chi connectivity index (χ1) is 4.95. The molecule has 0 aromatic rings. The number of hydrogen-bond acceptors (Lipinski definition) is 3. The Labute approximate surface area is 66.4 Å². The molecule has 0 aliphatic rings. The van der Waals surface area contributed by atoms with Crippen LogP contribution in [0.25, 0.3) is 0 Å². The second-order valence-electron chi connectivity index (χ2n) is 2.28. The van der Waals surface area contributed by atoms with Crippen molar-refractivity contribution in [3.8, 4) is 0 Å². The summed E-state index contributed by atoms with van der Waals surface area (Å²) in [5.41, 5.74) is 0. The summed E-state index contributed by atoms with van der Waals surface area (Å²) in [5.74, 6) is -0.299. The van der Waals surface area contributed by atoms with E-state index in [-0.39, 0.29) is 24.4 Å². The second-order valence-corrected chi connectivity index (χ2v) is 3.85. The van der Waals surface area contributed by atoms with Crippen molar-refractivity contribution in [2.45, 2.75) is 26.2 Å². The van der Waals surface area contributed by atoms with E-state index in [1.54, 1.807) is 6.92 Å². The van der Waals surface area contributed by atoms with E-state index >= 15 is 0 Å². The first kappa shape index (κ1) is 10.6. The Morgan fingerprint density at radius 1 is 1.45 bits per heavy atom. The maximum atomic E-state index is 10.6. The van der Waals surface area contributed by atoms with Crippen molar-refractivity contribution in [1.82, 2.24) is 0 Å². The Balaban J connectivity index is 3.51. The molecule has 1 N–H and O–H groups in total. The second kappa shape index (κ2) is 4.46.